The van der Waals surface area contributed by atoms with E-state index in [1.165, 1.54) is 23.5 Å². The lowest BCUT2D eigenvalue weighted by molar-refractivity contribution is 0.374. The van der Waals surface area contributed by atoms with Gasteiger partial charge in [0.1, 0.15) is 9.92 Å². The lowest BCUT2D eigenvalue weighted by Crippen LogP contribution is -2.48. The van der Waals surface area contributed by atoms with E-state index >= 15 is 0 Å². The molecule has 0 aromatic heterocycles. The smallest absolute Gasteiger partial charge is 0.246 e. The van der Waals surface area contributed by atoms with Gasteiger partial charge in [-0.1, -0.05) is 40.9 Å². The first kappa shape index (κ1) is 20.6. The van der Waals surface area contributed by atoms with Crippen molar-refractivity contribution in [2.45, 2.75) is 11.8 Å². The van der Waals surface area contributed by atoms with E-state index < -0.39 is 10.0 Å². The van der Waals surface area contributed by atoms with Gasteiger partial charge in [-0.25, -0.2) is 8.42 Å². The van der Waals surface area contributed by atoms with Crippen molar-refractivity contribution in [1.29, 1.82) is 0 Å². The lowest BCUT2D eigenvalue weighted by atomic mass is 10.1. The fraction of sp³-hybridized carbons (Fsp3) is 0.333. The Kier molecular flexibility index (Phi) is 6.13. The summed E-state index contributed by atoms with van der Waals surface area (Å²) in [7, 11) is -2.38. The number of anilines is 1. The highest BCUT2D eigenvalue weighted by Gasteiger charge is 2.32. The zero-order valence-electron chi connectivity index (χ0n) is 14.9. The largest absolute Gasteiger partial charge is 0.494 e. The minimum Gasteiger partial charge on any atom is -0.494 e. The second-order valence-electron chi connectivity index (χ2n) is 6.21. The zero-order valence-corrected chi connectivity index (χ0v) is 18.0. The Morgan fingerprint density at radius 3 is 2.30 bits per heavy atom. The molecule has 27 heavy (non-hydrogen) atoms. The molecule has 1 aliphatic rings. The van der Waals surface area contributed by atoms with Gasteiger partial charge in [-0.15, -0.1) is 0 Å². The molecule has 0 radical (unpaired) electrons. The van der Waals surface area contributed by atoms with Crippen molar-refractivity contribution < 1.29 is 13.2 Å². The third-order valence-corrected chi connectivity index (χ3v) is 7.53. The lowest BCUT2D eigenvalue weighted by Gasteiger charge is -2.36. The van der Waals surface area contributed by atoms with Gasteiger partial charge in [0.05, 0.1) is 12.1 Å². The minimum absolute atomic E-state index is 0.0202. The Labute approximate surface area is 174 Å². The number of methoxy groups -OCH3 is 1. The number of halogens is 3. The number of rotatable bonds is 4. The molecule has 3 rings (SSSR count). The summed E-state index contributed by atoms with van der Waals surface area (Å²) in [4.78, 5) is 2.16. The van der Waals surface area contributed by atoms with Crippen LogP contribution in [0.25, 0.3) is 0 Å². The van der Waals surface area contributed by atoms with Crippen molar-refractivity contribution in [3.8, 4) is 5.75 Å². The minimum atomic E-state index is -3.76. The van der Waals surface area contributed by atoms with Crippen LogP contribution in [-0.4, -0.2) is 46.0 Å². The summed E-state index contributed by atoms with van der Waals surface area (Å²) in [6.07, 6.45) is 0. The number of piperazine rings is 1. The van der Waals surface area contributed by atoms with Crippen molar-refractivity contribution in [3.63, 3.8) is 0 Å². The molecule has 1 aliphatic heterocycles. The van der Waals surface area contributed by atoms with Gasteiger partial charge in [0.25, 0.3) is 0 Å². The van der Waals surface area contributed by atoms with E-state index in [1.54, 1.807) is 0 Å². The van der Waals surface area contributed by atoms with Gasteiger partial charge < -0.3 is 9.64 Å². The number of sulfonamides is 1. The van der Waals surface area contributed by atoms with Gasteiger partial charge in [-0.05, 0) is 36.8 Å². The van der Waals surface area contributed by atoms with Gasteiger partial charge in [0.2, 0.25) is 10.0 Å². The van der Waals surface area contributed by atoms with E-state index in [9.17, 15) is 8.42 Å². The summed E-state index contributed by atoms with van der Waals surface area (Å²) in [6, 6.07) is 8.60. The van der Waals surface area contributed by atoms with Crippen LogP contribution in [0.1, 0.15) is 5.56 Å². The topological polar surface area (TPSA) is 49.9 Å². The highest BCUT2D eigenvalue weighted by Crippen LogP contribution is 2.38. The number of nitrogens with zero attached hydrogens (tertiary/aromatic N) is 2. The first-order valence-electron chi connectivity index (χ1n) is 8.29. The highest BCUT2D eigenvalue weighted by atomic mass is 35.5. The van der Waals surface area contributed by atoms with Crippen molar-refractivity contribution in [2.24, 2.45) is 0 Å². The van der Waals surface area contributed by atoms with Crippen LogP contribution < -0.4 is 9.64 Å². The van der Waals surface area contributed by atoms with E-state index in [-0.39, 0.29) is 20.7 Å². The maximum Gasteiger partial charge on any atom is 0.246 e. The molecular formula is C18H19Cl3N2O3S. The van der Waals surface area contributed by atoms with E-state index in [2.05, 4.69) is 4.90 Å². The maximum atomic E-state index is 13.1. The third kappa shape index (κ3) is 4.00. The average Bonchev–Trinajstić information content (AvgIpc) is 2.65. The summed E-state index contributed by atoms with van der Waals surface area (Å²) in [5.74, 6) is 0.0669. The second-order valence-corrected chi connectivity index (χ2v) is 9.34. The van der Waals surface area contributed by atoms with Gasteiger partial charge in [-0.2, -0.15) is 4.31 Å². The molecule has 146 valence electrons. The molecule has 0 aliphatic carbocycles. The molecule has 0 N–H and O–H groups in total. The number of hydrogen-bond donors (Lipinski definition) is 0. The van der Waals surface area contributed by atoms with Crippen LogP contribution in [0.3, 0.4) is 0 Å². The second kappa shape index (κ2) is 8.05. The van der Waals surface area contributed by atoms with Crippen LogP contribution >= 0.6 is 34.8 Å². The van der Waals surface area contributed by atoms with E-state index in [0.717, 1.165) is 11.3 Å². The molecule has 5 nitrogen and oxygen atoms in total. The Bertz CT molecular complexity index is 959. The van der Waals surface area contributed by atoms with E-state index in [1.807, 2.05) is 25.1 Å². The van der Waals surface area contributed by atoms with Gasteiger partial charge in [0.15, 0.2) is 5.75 Å². The van der Waals surface area contributed by atoms with Gasteiger partial charge in [0, 0.05) is 36.9 Å². The fourth-order valence-corrected chi connectivity index (χ4v) is 5.33. The van der Waals surface area contributed by atoms with Crippen LogP contribution in [0.2, 0.25) is 15.1 Å². The molecule has 0 bridgehead atoms. The van der Waals surface area contributed by atoms with Crippen LogP contribution in [0.5, 0.6) is 5.75 Å². The Morgan fingerprint density at radius 2 is 1.67 bits per heavy atom. The predicted octanol–water partition coefficient (Wildman–Crippen LogP) is 4.47. The molecule has 0 spiro atoms. The average molecular weight is 450 g/mol. The summed E-state index contributed by atoms with van der Waals surface area (Å²) < 4.78 is 32.8. The molecule has 2 aromatic carbocycles. The van der Waals surface area contributed by atoms with Gasteiger partial charge in [-0.3, -0.25) is 0 Å². The number of hydrogen-bond acceptors (Lipinski definition) is 4. The maximum absolute atomic E-state index is 13.1. The molecule has 2 aromatic rings. The van der Waals surface area contributed by atoms with Crippen LogP contribution in [-0.2, 0) is 10.0 Å². The monoisotopic (exact) mass is 448 g/mol. The van der Waals surface area contributed by atoms with Crippen LogP contribution in [0.15, 0.2) is 35.2 Å². The van der Waals surface area contributed by atoms with E-state index in [0.29, 0.717) is 31.2 Å². The highest BCUT2D eigenvalue weighted by molar-refractivity contribution is 7.89. The molecule has 1 saturated heterocycles. The van der Waals surface area contributed by atoms with Crippen molar-refractivity contribution in [3.05, 3.63) is 51.0 Å². The summed E-state index contributed by atoms with van der Waals surface area (Å²) in [5, 5.41) is 0.994. The summed E-state index contributed by atoms with van der Waals surface area (Å²) >= 11 is 18.2. The quantitative estimate of drug-likeness (QED) is 0.691. The van der Waals surface area contributed by atoms with E-state index in [4.69, 9.17) is 39.5 Å². The van der Waals surface area contributed by atoms with Crippen LogP contribution in [0.4, 0.5) is 5.69 Å². The molecule has 9 heteroatoms. The van der Waals surface area contributed by atoms with Gasteiger partial charge >= 0.3 is 0 Å². The SMILES string of the molecule is COc1c(S(=O)(=O)N2CCN(c3cc(Cl)ccc3C)CC2)ccc(Cl)c1Cl. The first-order valence-corrected chi connectivity index (χ1v) is 10.9. The standard InChI is InChI=1S/C18H19Cl3N2O3S/c1-12-3-4-13(19)11-15(12)22-7-9-23(10-8-22)27(24,25)16-6-5-14(20)17(21)18(16)26-2/h3-6,11H,7-10H2,1-2H3. The Hall–Kier alpha value is -1.18. The zero-order chi connectivity index (χ0) is 19.8. The predicted molar refractivity (Wildman–Crippen MR) is 110 cm³/mol. The molecule has 0 atom stereocenters. The fourth-order valence-electron chi connectivity index (χ4n) is 3.14. The molecule has 0 saturated carbocycles. The number of benzene rings is 2. The first-order chi connectivity index (χ1) is 12.8. The Morgan fingerprint density at radius 1 is 1.00 bits per heavy atom. The van der Waals surface area contributed by atoms with Crippen molar-refractivity contribution >= 4 is 50.5 Å². The molecule has 0 unspecified atom stereocenters. The molecule has 1 heterocycles. The summed E-state index contributed by atoms with van der Waals surface area (Å²) in [5.41, 5.74) is 2.12. The Balaban J connectivity index is 1.83. The molecular weight excluding hydrogens is 431 g/mol. The normalized spacial score (nSPS) is 15.8. The number of aryl methyl sites for hydroxylation is 1. The number of ether oxygens (including phenoxy) is 1. The van der Waals surface area contributed by atoms with Crippen LogP contribution in [0, 0.1) is 6.92 Å². The molecule has 0 amide bonds. The van der Waals surface area contributed by atoms with Crippen molar-refractivity contribution in [1.82, 2.24) is 4.31 Å². The summed E-state index contributed by atoms with van der Waals surface area (Å²) in [6.45, 7) is 3.82. The van der Waals surface area contributed by atoms with Crippen molar-refractivity contribution in [2.75, 3.05) is 38.2 Å². The molecule has 1 fully saturated rings. The third-order valence-electron chi connectivity index (χ3n) is 4.59.